The Morgan fingerprint density at radius 3 is 3.14 bits per heavy atom. The normalized spacial score (nSPS) is 29.1. The van der Waals surface area contributed by atoms with Crippen LogP contribution in [-0.4, -0.2) is 18.6 Å². The van der Waals surface area contributed by atoms with Gasteiger partial charge in [-0.2, -0.15) is 0 Å². The largest absolute Gasteiger partial charge is 0.364 e. The Labute approximate surface area is 82.5 Å². The van der Waals surface area contributed by atoms with Gasteiger partial charge in [-0.3, -0.25) is 0 Å². The van der Waals surface area contributed by atoms with Gasteiger partial charge in [0.1, 0.15) is 5.82 Å². The smallest absolute Gasteiger partial charge is 0.146 e. The van der Waals surface area contributed by atoms with Crippen molar-refractivity contribution in [1.82, 2.24) is 0 Å². The van der Waals surface area contributed by atoms with E-state index in [1.165, 1.54) is 6.07 Å². The van der Waals surface area contributed by atoms with Crippen LogP contribution in [0.3, 0.4) is 0 Å². The van der Waals surface area contributed by atoms with Gasteiger partial charge in [0.15, 0.2) is 0 Å². The van der Waals surface area contributed by atoms with Crippen molar-refractivity contribution >= 4 is 5.69 Å². The van der Waals surface area contributed by atoms with Gasteiger partial charge in [-0.1, -0.05) is 12.1 Å². The van der Waals surface area contributed by atoms with Crippen molar-refractivity contribution in [3.05, 3.63) is 29.6 Å². The number of fused-ring (bicyclic) bond motifs is 3. The lowest BCUT2D eigenvalue weighted by Gasteiger charge is -2.20. The highest BCUT2D eigenvalue weighted by Gasteiger charge is 2.39. The number of rotatable bonds is 0. The third kappa shape index (κ3) is 0.932. The van der Waals surface area contributed by atoms with Gasteiger partial charge >= 0.3 is 0 Å². The van der Waals surface area contributed by atoms with E-state index in [1.54, 1.807) is 6.07 Å². The standard InChI is InChI=1S/C11H13FN2/c12-8-3-1-2-7-6-10-9(13)4-5-14(10)11(7)8/h1-3,9-10H,4-6,13H2. The lowest BCUT2D eigenvalue weighted by molar-refractivity contribution is 0.594. The molecule has 1 aromatic rings. The molecule has 74 valence electrons. The van der Waals surface area contributed by atoms with Gasteiger partial charge in [0.2, 0.25) is 0 Å². The average molecular weight is 192 g/mol. The fourth-order valence-corrected chi connectivity index (χ4v) is 2.69. The first kappa shape index (κ1) is 8.24. The highest BCUT2D eigenvalue weighted by Crippen LogP contribution is 2.38. The molecule has 14 heavy (non-hydrogen) atoms. The second-order valence-corrected chi connectivity index (χ2v) is 4.16. The zero-order chi connectivity index (χ0) is 9.71. The van der Waals surface area contributed by atoms with Crippen LogP contribution in [0.4, 0.5) is 10.1 Å². The minimum Gasteiger partial charge on any atom is -0.364 e. The first-order valence-electron chi connectivity index (χ1n) is 5.07. The van der Waals surface area contributed by atoms with E-state index in [0.29, 0.717) is 6.04 Å². The highest BCUT2D eigenvalue weighted by molar-refractivity contribution is 5.61. The lowest BCUT2D eigenvalue weighted by Crippen LogP contribution is -2.37. The SMILES string of the molecule is NC1CCN2c3c(F)cccc3CC12. The molecule has 3 heteroatoms. The number of nitrogens with two attached hydrogens (primary N) is 1. The number of hydrogen-bond acceptors (Lipinski definition) is 2. The number of benzene rings is 1. The maximum atomic E-state index is 13.6. The Kier molecular flexibility index (Phi) is 1.59. The summed E-state index contributed by atoms with van der Waals surface area (Å²) in [6.07, 6.45) is 1.90. The highest BCUT2D eigenvalue weighted by atomic mass is 19.1. The topological polar surface area (TPSA) is 29.3 Å². The van der Waals surface area contributed by atoms with Crippen LogP contribution in [0.1, 0.15) is 12.0 Å². The second kappa shape index (κ2) is 2.70. The molecular formula is C11H13FN2. The third-order valence-corrected chi connectivity index (χ3v) is 3.38. The molecule has 0 aromatic heterocycles. The summed E-state index contributed by atoms with van der Waals surface area (Å²) in [5.74, 6) is -0.0981. The number of para-hydroxylation sites is 1. The molecule has 1 fully saturated rings. The first-order chi connectivity index (χ1) is 6.77. The fourth-order valence-electron chi connectivity index (χ4n) is 2.69. The van der Waals surface area contributed by atoms with Crippen molar-refractivity contribution in [2.75, 3.05) is 11.4 Å². The predicted molar refractivity (Wildman–Crippen MR) is 53.8 cm³/mol. The number of halogens is 1. The zero-order valence-electron chi connectivity index (χ0n) is 7.91. The molecular weight excluding hydrogens is 179 g/mol. The molecule has 2 nitrogen and oxygen atoms in total. The maximum absolute atomic E-state index is 13.6. The summed E-state index contributed by atoms with van der Waals surface area (Å²) >= 11 is 0. The molecule has 0 radical (unpaired) electrons. The molecule has 3 rings (SSSR count). The summed E-state index contributed by atoms with van der Waals surface area (Å²) in [6.45, 7) is 0.903. The number of hydrogen-bond donors (Lipinski definition) is 1. The van der Waals surface area contributed by atoms with Gasteiger partial charge in [-0.25, -0.2) is 4.39 Å². The van der Waals surface area contributed by atoms with Gasteiger partial charge in [0, 0.05) is 18.6 Å². The van der Waals surface area contributed by atoms with Gasteiger partial charge in [-0.05, 0) is 24.5 Å². The Balaban J connectivity index is 2.09. The van der Waals surface area contributed by atoms with Crippen LogP contribution in [0.2, 0.25) is 0 Å². The molecule has 0 aliphatic carbocycles. The van der Waals surface area contributed by atoms with Crippen LogP contribution in [0.25, 0.3) is 0 Å². The molecule has 2 heterocycles. The lowest BCUT2D eigenvalue weighted by atomic mass is 10.0. The Bertz CT molecular complexity index is 378. The van der Waals surface area contributed by atoms with E-state index in [-0.39, 0.29) is 11.9 Å². The van der Waals surface area contributed by atoms with Crippen molar-refractivity contribution in [3.63, 3.8) is 0 Å². The monoisotopic (exact) mass is 192 g/mol. The second-order valence-electron chi connectivity index (χ2n) is 4.16. The number of nitrogens with zero attached hydrogens (tertiary/aromatic N) is 1. The van der Waals surface area contributed by atoms with Crippen molar-refractivity contribution in [1.29, 1.82) is 0 Å². The van der Waals surface area contributed by atoms with E-state index < -0.39 is 0 Å². The van der Waals surface area contributed by atoms with Crippen LogP contribution in [0.15, 0.2) is 18.2 Å². The van der Waals surface area contributed by atoms with E-state index in [0.717, 1.165) is 30.6 Å². The summed E-state index contributed by atoms with van der Waals surface area (Å²) in [5, 5.41) is 0. The molecule has 2 aliphatic heterocycles. The summed E-state index contributed by atoms with van der Waals surface area (Å²) < 4.78 is 13.6. The third-order valence-electron chi connectivity index (χ3n) is 3.38. The Morgan fingerprint density at radius 1 is 1.43 bits per heavy atom. The molecule has 0 amide bonds. The van der Waals surface area contributed by atoms with Crippen LogP contribution >= 0.6 is 0 Å². The first-order valence-corrected chi connectivity index (χ1v) is 5.07. The Hall–Kier alpha value is -1.09. The summed E-state index contributed by atoms with van der Waals surface area (Å²) in [7, 11) is 0. The maximum Gasteiger partial charge on any atom is 0.146 e. The van der Waals surface area contributed by atoms with Gasteiger partial charge in [-0.15, -0.1) is 0 Å². The summed E-state index contributed by atoms with van der Waals surface area (Å²) in [6, 6.07) is 5.86. The van der Waals surface area contributed by atoms with E-state index in [4.69, 9.17) is 5.73 Å². The zero-order valence-corrected chi connectivity index (χ0v) is 7.91. The van der Waals surface area contributed by atoms with Crippen molar-refractivity contribution in [2.24, 2.45) is 5.73 Å². The molecule has 0 bridgehead atoms. The van der Waals surface area contributed by atoms with Crippen LogP contribution in [-0.2, 0) is 6.42 Å². The molecule has 2 aliphatic rings. The molecule has 1 saturated heterocycles. The van der Waals surface area contributed by atoms with E-state index in [9.17, 15) is 4.39 Å². The summed E-state index contributed by atoms with van der Waals surface area (Å²) in [4.78, 5) is 2.13. The number of anilines is 1. The average Bonchev–Trinajstić information content (AvgIpc) is 2.68. The molecule has 1 aromatic carbocycles. The fraction of sp³-hybridized carbons (Fsp3) is 0.455. The quantitative estimate of drug-likeness (QED) is 0.671. The minimum absolute atomic E-state index is 0.0981. The van der Waals surface area contributed by atoms with Gasteiger partial charge in [0.05, 0.1) is 5.69 Å². The minimum atomic E-state index is -0.0981. The molecule has 0 saturated carbocycles. The van der Waals surface area contributed by atoms with Crippen LogP contribution in [0, 0.1) is 5.82 Å². The summed E-state index contributed by atoms with van der Waals surface area (Å²) in [5.41, 5.74) is 7.90. The van der Waals surface area contributed by atoms with Crippen LogP contribution in [0.5, 0.6) is 0 Å². The van der Waals surface area contributed by atoms with Crippen molar-refractivity contribution in [2.45, 2.75) is 24.9 Å². The van der Waals surface area contributed by atoms with Gasteiger partial charge in [0.25, 0.3) is 0 Å². The van der Waals surface area contributed by atoms with Crippen molar-refractivity contribution < 1.29 is 4.39 Å². The molecule has 2 atom stereocenters. The molecule has 2 N–H and O–H groups in total. The van der Waals surface area contributed by atoms with Gasteiger partial charge < -0.3 is 10.6 Å². The van der Waals surface area contributed by atoms with E-state index >= 15 is 0 Å². The van der Waals surface area contributed by atoms with E-state index in [2.05, 4.69) is 4.90 Å². The predicted octanol–water partition coefficient (Wildman–Crippen LogP) is 1.29. The van der Waals surface area contributed by atoms with Crippen LogP contribution < -0.4 is 10.6 Å². The molecule has 2 unspecified atom stereocenters. The molecule has 0 spiro atoms. The van der Waals surface area contributed by atoms with E-state index in [1.807, 2.05) is 6.07 Å². The Morgan fingerprint density at radius 2 is 2.29 bits per heavy atom. The van der Waals surface area contributed by atoms with Crippen molar-refractivity contribution in [3.8, 4) is 0 Å².